The standard InChI is InChI=1S/C15H13FO5S/c1-20-15(17)12-6-4-5-11(9-12)10-22(18,19)21-14-8-3-2-7-13(14)16/h2-9H,10H2,1H3. The molecule has 0 unspecified atom stereocenters. The largest absolute Gasteiger partial charge is 0.465 e. The van der Waals surface area contributed by atoms with E-state index in [-0.39, 0.29) is 11.3 Å². The van der Waals surface area contributed by atoms with Crippen molar-refractivity contribution in [2.24, 2.45) is 0 Å². The van der Waals surface area contributed by atoms with Gasteiger partial charge in [-0.1, -0.05) is 24.3 Å². The molecular weight excluding hydrogens is 311 g/mol. The number of hydrogen-bond donors (Lipinski definition) is 0. The Labute approximate surface area is 127 Å². The van der Waals surface area contributed by atoms with Crippen LogP contribution in [-0.4, -0.2) is 21.5 Å². The first-order chi connectivity index (χ1) is 10.4. The smallest absolute Gasteiger partial charge is 0.337 e. The number of carbonyl (C=O) groups is 1. The van der Waals surface area contributed by atoms with Gasteiger partial charge in [0.05, 0.1) is 12.7 Å². The van der Waals surface area contributed by atoms with Gasteiger partial charge in [-0.3, -0.25) is 0 Å². The van der Waals surface area contributed by atoms with Gasteiger partial charge in [-0.25, -0.2) is 9.18 Å². The molecule has 0 saturated heterocycles. The molecule has 0 bridgehead atoms. The molecule has 0 aliphatic rings. The Bertz CT molecular complexity index is 786. The molecule has 0 aliphatic heterocycles. The molecule has 0 aliphatic carbocycles. The first kappa shape index (κ1) is 16.0. The number of halogens is 1. The zero-order valence-electron chi connectivity index (χ0n) is 11.7. The molecule has 0 heterocycles. The van der Waals surface area contributed by atoms with Crippen molar-refractivity contribution >= 4 is 16.1 Å². The number of rotatable bonds is 5. The Hall–Kier alpha value is -2.41. The predicted molar refractivity (Wildman–Crippen MR) is 77.4 cm³/mol. The highest BCUT2D eigenvalue weighted by Crippen LogP contribution is 2.19. The van der Waals surface area contributed by atoms with Gasteiger partial charge in [0.2, 0.25) is 0 Å². The summed E-state index contributed by atoms with van der Waals surface area (Å²) in [6, 6.07) is 11.1. The second kappa shape index (κ2) is 6.57. The van der Waals surface area contributed by atoms with Gasteiger partial charge in [-0.05, 0) is 29.8 Å². The van der Waals surface area contributed by atoms with E-state index in [2.05, 4.69) is 4.74 Å². The monoisotopic (exact) mass is 324 g/mol. The zero-order chi connectivity index (χ0) is 16.2. The fraction of sp³-hybridized carbons (Fsp3) is 0.133. The summed E-state index contributed by atoms with van der Waals surface area (Å²) in [7, 11) is -2.82. The van der Waals surface area contributed by atoms with Crippen molar-refractivity contribution in [2.45, 2.75) is 5.75 Å². The molecular formula is C15H13FO5S. The maximum absolute atomic E-state index is 13.4. The van der Waals surface area contributed by atoms with E-state index < -0.39 is 27.7 Å². The van der Waals surface area contributed by atoms with Gasteiger partial charge >= 0.3 is 16.1 Å². The average Bonchev–Trinajstić information content (AvgIpc) is 2.48. The number of methoxy groups -OCH3 is 1. The van der Waals surface area contributed by atoms with Crippen molar-refractivity contribution in [2.75, 3.05) is 7.11 Å². The molecule has 2 aromatic rings. The van der Waals surface area contributed by atoms with Crippen LogP contribution in [0, 0.1) is 5.82 Å². The Kier molecular flexibility index (Phi) is 4.77. The normalized spacial score (nSPS) is 11.0. The van der Waals surface area contributed by atoms with E-state index in [1.807, 2.05) is 0 Å². The van der Waals surface area contributed by atoms with Crippen LogP contribution in [0.2, 0.25) is 0 Å². The number of hydrogen-bond acceptors (Lipinski definition) is 5. The molecule has 22 heavy (non-hydrogen) atoms. The molecule has 0 N–H and O–H groups in total. The summed E-state index contributed by atoms with van der Waals surface area (Å²) in [5, 5.41) is 0. The first-order valence-electron chi connectivity index (χ1n) is 6.25. The minimum absolute atomic E-state index is 0.223. The van der Waals surface area contributed by atoms with Gasteiger partial charge in [-0.15, -0.1) is 0 Å². The summed E-state index contributed by atoms with van der Waals surface area (Å²) in [6.45, 7) is 0. The summed E-state index contributed by atoms with van der Waals surface area (Å²) in [6.07, 6.45) is 0. The van der Waals surface area contributed by atoms with Crippen LogP contribution in [0.4, 0.5) is 4.39 Å². The van der Waals surface area contributed by atoms with Crippen LogP contribution < -0.4 is 4.18 Å². The molecule has 0 fully saturated rings. The van der Waals surface area contributed by atoms with Crippen molar-refractivity contribution < 1.29 is 26.5 Å². The summed E-state index contributed by atoms with van der Waals surface area (Å²) >= 11 is 0. The van der Waals surface area contributed by atoms with Crippen LogP contribution in [0.3, 0.4) is 0 Å². The highest BCUT2D eigenvalue weighted by Gasteiger charge is 2.17. The molecule has 0 amide bonds. The van der Waals surface area contributed by atoms with Crippen molar-refractivity contribution in [3.8, 4) is 5.75 Å². The predicted octanol–water partition coefficient (Wildman–Crippen LogP) is 2.52. The summed E-state index contributed by atoms with van der Waals surface area (Å²) in [4.78, 5) is 11.4. The molecule has 0 aromatic heterocycles. The van der Waals surface area contributed by atoms with Crippen LogP contribution in [0.1, 0.15) is 15.9 Å². The van der Waals surface area contributed by atoms with Gasteiger partial charge in [-0.2, -0.15) is 8.42 Å². The van der Waals surface area contributed by atoms with Crippen LogP contribution in [0.5, 0.6) is 5.75 Å². The lowest BCUT2D eigenvalue weighted by atomic mass is 10.1. The Balaban J connectivity index is 2.19. The van der Waals surface area contributed by atoms with E-state index in [1.165, 1.54) is 49.6 Å². The van der Waals surface area contributed by atoms with Gasteiger partial charge in [0.25, 0.3) is 0 Å². The first-order valence-corrected chi connectivity index (χ1v) is 7.83. The molecule has 2 aromatic carbocycles. The lowest BCUT2D eigenvalue weighted by Gasteiger charge is -2.08. The van der Waals surface area contributed by atoms with Gasteiger partial charge in [0, 0.05) is 0 Å². The number of para-hydroxylation sites is 1. The number of carbonyl (C=O) groups excluding carboxylic acids is 1. The lowest BCUT2D eigenvalue weighted by Crippen LogP contribution is -2.13. The van der Waals surface area contributed by atoms with E-state index >= 15 is 0 Å². The third-order valence-electron chi connectivity index (χ3n) is 2.74. The van der Waals surface area contributed by atoms with Crippen molar-refractivity contribution in [1.29, 1.82) is 0 Å². The third-order valence-corrected chi connectivity index (χ3v) is 3.87. The fourth-order valence-electron chi connectivity index (χ4n) is 1.79. The maximum atomic E-state index is 13.4. The average molecular weight is 324 g/mol. The topological polar surface area (TPSA) is 69.7 Å². The van der Waals surface area contributed by atoms with E-state index in [1.54, 1.807) is 0 Å². The van der Waals surface area contributed by atoms with Crippen LogP contribution in [-0.2, 0) is 20.6 Å². The summed E-state index contributed by atoms with van der Waals surface area (Å²) < 4.78 is 46.7. The zero-order valence-corrected chi connectivity index (χ0v) is 12.5. The second-order valence-corrected chi connectivity index (χ2v) is 5.98. The van der Waals surface area contributed by atoms with E-state index in [0.29, 0.717) is 5.56 Å². The van der Waals surface area contributed by atoms with E-state index in [0.717, 1.165) is 6.07 Å². The van der Waals surface area contributed by atoms with Crippen molar-refractivity contribution in [3.05, 3.63) is 65.5 Å². The van der Waals surface area contributed by atoms with Crippen LogP contribution in [0.15, 0.2) is 48.5 Å². The minimum atomic E-state index is -4.05. The summed E-state index contributed by atoms with van der Waals surface area (Å²) in [5.74, 6) is -2.21. The molecule has 0 radical (unpaired) electrons. The molecule has 2 rings (SSSR count). The number of ether oxygens (including phenoxy) is 1. The quantitative estimate of drug-likeness (QED) is 0.624. The second-order valence-electron chi connectivity index (χ2n) is 4.41. The molecule has 0 saturated carbocycles. The van der Waals surface area contributed by atoms with Gasteiger partial charge in [0.1, 0.15) is 5.75 Å². The van der Waals surface area contributed by atoms with Crippen LogP contribution in [0.25, 0.3) is 0 Å². The fourth-order valence-corrected chi connectivity index (χ4v) is 2.84. The van der Waals surface area contributed by atoms with Crippen molar-refractivity contribution in [1.82, 2.24) is 0 Å². The highest BCUT2D eigenvalue weighted by atomic mass is 32.2. The maximum Gasteiger partial charge on any atom is 0.337 e. The molecule has 0 spiro atoms. The minimum Gasteiger partial charge on any atom is -0.465 e. The lowest BCUT2D eigenvalue weighted by molar-refractivity contribution is 0.0600. The third kappa shape index (κ3) is 4.05. The summed E-state index contributed by atoms with van der Waals surface area (Å²) in [5.41, 5.74) is 0.556. The highest BCUT2D eigenvalue weighted by molar-refractivity contribution is 7.86. The van der Waals surface area contributed by atoms with E-state index in [4.69, 9.17) is 4.18 Å². The number of esters is 1. The van der Waals surface area contributed by atoms with E-state index in [9.17, 15) is 17.6 Å². The Morgan fingerprint density at radius 3 is 2.55 bits per heavy atom. The van der Waals surface area contributed by atoms with Crippen LogP contribution >= 0.6 is 0 Å². The molecule has 0 atom stereocenters. The molecule has 5 nitrogen and oxygen atoms in total. The molecule has 7 heteroatoms. The Morgan fingerprint density at radius 2 is 1.86 bits per heavy atom. The Morgan fingerprint density at radius 1 is 1.14 bits per heavy atom. The van der Waals surface area contributed by atoms with Gasteiger partial charge in [0.15, 0.2) is 11.6 Å². The van der Waals surface area contributed by atoms with Gasteiger partial charge < -0.3 is 8.92 Å². The SMILES string of the molecule is COC(=O)c1cccc(CS(=O)(=O)Oc2ccccc2F)c1. The van der Waals surface area contributed by atoms with Crippen molar-refractivity contribution in [3.63, 3.8) is 0 Å². The number of benzene rings is 2. The molecule has 116 valence electrons.